The van der Waals surface area contributed by atoms with Crippen LogP contribution in [0, 0.1) is 0 Å². The first-order chi connectivity index (χ1) is 9.16. The van der Waals surface area contributed by atoms with Gasteiger partial charge >= 0.3 is 0 Å². The minimum Gasteiger partial charge on any atom is -0.311 e. The molecule has 1 N–H and O–H groups in total. The van der Waals surface area contributed by atoms with Gasteiger partial charge in [-0.2, -0.15) is 0 Å². The maximum Gasteiger partial charge on any atom is 0.0410 e. The van der Waals surface area contributed by atoms with Crippen LogP contribution in [-0.2, 0) is 6.54 Å². The van der Waals surface area contributed by atoms with Gasteiger partial charge in [0.05, 0.1) is 0 Å². The molecule has 0 saturated heterocycles. The van der Waals surface area contributed by atoms with Crippen molar-refractivity contribution >= 4 is 27.5 Å². The van der Waals surface area contributed by atoms with E-state index in [-0.39, 0.29) is 0 Å². The molecule has 1 aromatic carbocycles. The van der Waals surface area contributed by atoms with Gasteiger partial charge in [-0.05, 0) is 43.7 Å². The molecule has 1 fully saturated rings. The highest BCUT2D eigenvalue weighted by Crippen LogP contribution is 2.22. The van der Waals surface area contributed by atoms with E-state index in [0.717, 1.165) is 35.2 Å². The predicted molar refractivity (Wildman–Crippen MR) is 85.7 cm³/mol. The van der Waals surface area contributed by atoms with Crippen molar-refractivity contribution in [3.8, 4) is 0 Å². The molecule has 1 aromatic rings. The molecule has 0 aromatic heterocycles. The summed E-state index contributed by atoms with van der Waals surface area (Å²) in [4.78, 5) is 2.49. The zero-order valence-electron chi connectivity index (χ0n) is 11.5. The number of rotatable bonds is 6. The molecule has 106 valence electrons. The van der Waals surface area contributed by atoms with Crippen LogP contribution in [0.25, 0.3) is 0 Å². The molecule has 19 heavy (non-hydrogen) atoms. The van der Waals surface area contributed by atoms with Gasteiger partial charge in [0, 0.05) is 35.2 Å². The molecule has 1 aliphatic carbocycles. The zero-order chi connectivity index (χ0) is 13.7. The Morgan fingerprint density at radius 2 is 2.11 bits per heavy atom. The number of benzene rings is 1. The Morgan fingerprint density at radius 3 is 2.84 bits per heavy atom. The van der Waals surface area contributed by atoms with Crippen LogP contribution in [0.2, 0.25) is 5.02 Å². The summed E-state index contributed by atoms with van der Waals surface area (Å²) in [5, 5.41) is 4.29. The first-order valence-electron chi connectivity index (χ1n) is 7.01. The van der Waals surface area contributed by atoms with E-state index in [1.165, 1.54) is 31.2 Å². The number of hydrogen-bond donors (Lipinski definition) is 1. The van der Waals surface area contributed by atoms with E-state index < -0.39 is 0 Å². The Bertz CT molecular complexity index is 405. The Kier molecular flexibility index (Phi) is 6.14. The van der Waals surface area contributed by atoms with Gasteiger partial charge in [-0.1, -0.05) is 40.4 Å². The predicted octanol–water partition coefficient (Wildman–Crippen LogP) is 4.07. The topological polar surface area (TPSA) is 15.3 Å². The third kappa shape index (κ3) is 4.75. The minimum absolute atomic E-state index is 0.795. The number of likely N-dealkylation sites (N-methyl/N-ethyl adjacent to an activating group) is 1. The van der Waals surface area contributed by atoms with E-state index in [1.54, 1.807) is 0 Å². The lowest BCUT2D eigenvalue weighted by Gasteiger charge is -2.24. The Morgan fingerprint density at radius 1 is 1.37 bits per heavy atom. The van der Waals surface area contributed by atoms with Crippen molar-refractivity contribution in [1.82, 2.24) is 10.2 Å². The summed E-state index contributed by atoms with van der Waals surface area (Å²) >= 11 is 9.57. The standard InChI is InChI=1S/C15H22BrClN2/c1-19(14-4-2-3-5-14)9-8-18-11-12-10-13(17)6-7-15(12)16/h6-7,10,14,18H,2-5,8-9,11H2,1H3. The fourth-order valence-corrected chi connectivity index (χ4v) is 3.27. The van der Waals surface area contributed by atoms with Gasteiger partial charge in [-0.3, -0.25) is 0 Å². The van der Waals surface area contributed by atoms with Crippen molar-refractivity contribution in [3.63, 3.8) is 0 Å². The molecule has 4 heteroatoms. The second-order valence-electron chi connectivity index (χ2n) is 5.33. The summed E-state index contributed by atoms with van der Waals surface area (Å²) in [6.07, 6.45) is 5.54. The van der Waals surface area contributed by atoms with Gasteiger partial charge in [-0.15, -0.1) is 0 Å². The van der Waals surface area contributed by atoms with Crippen molar-refractivity contribution in [1.29, 1.82) is 0 Å². The fourth-order valence-electron chi connectivity index (χ4n) is 2.68. The average Bonchev–Trinajstić information content (AvgIpc) is 2.92. The first kappa shape index (κ1) is 15.3. The lowest BCUT2D eigenvalue weighted by atomic mass is 10.2. The van der Waals surface area contributed by atoms with Crippen molar-refractivity contribution in [2.75, 3.05) is 20.1 Å². The molecule has 0 unspecified atom stereocenters. The molecule has 0 heterocycles. The summed E-state index contributed by atoms with van der Waals surface area (Å²) in [6.45, 7) is 2.99. The summed E-state index contributed by atoms with van der Waals surface area (Å²) in [5.74, 6) is 0. The number of halogens is 2. The van der Waals surface area contributed by atoms with Crippen molar-refractivity contribution < 1.29 is 0 Å². The van der Waals surface area contributed by atoms with Crippen molar-refractivity contribution in [2.24, 2.45) is 0 Å². The van der Waals surface area contributed by atoms with E-state index in [2.05, 4.69) is 33.2 Å². The molecular formula is C15H22BrClN2. The second kappa shape index (κ2) is 7.63. The van der Waals surface area contributed by atoms with Gasteiger partial charge in [0.15, 0.2) is 0 Å². The number of nitrogens with one attached hydrogen (secondary N) is 1. The van der Waals surface area contributed by atoms with Crippen LogP contribution in [0.3, 0.4) is 0 Å². The molecule has 0 atom stereocenters. The van der Waals surface area contributed by atoms with Gasteiger partial charge in [0.25, 0.3) is 0 Å². The summed E-state index contributed by atoms with van der Waals surface area (Å²) in [5.41, 5.74) is 1.22. The lowest BCUT2D eigenvalue weighted by Crippen LogP contribution is -2.35. The van der Waals surface area contributed by atoms with Crippen LogP contribution in [0.15, 0.2) is 22.7 Å². The first-order valence-corrected chi connectivity index (χ1v) is 8.19. The Balaban J connectivity index is 1.70. The highest BCUT2D eigenvalue weighted by molar-refractivity contribution is 9.10. The van der Waals surface area contributed by atoms with Crippen molar-refractivity contribution in [2.45, 2.75) is 38.3 Å². The molecule has 0 spiro atoms. The molecule has 0 radical (unpaired) electrons. The number of hydrogen-bond acceptors (Lipinski definition) is 2. The minimum atomic E-state index is 0.795. The maximum absolute atomic E-state index is 6.01. The molecule has 2 nitrogen and oxygen atoms in total. The molecule has 0 amide bonds. The van der Waals surface area contributed by atoms with Crippen LogP contribution in [0.4, 0.5) is 0 Å². The molecule has 2 rings (SSSR count). The molecule has 1 saturated carbocycles. The molecule has 0 aliphatic heterocycles. The zero-order valence-corrected chi connectivity index (χ0v) is 13.8. The van der Waals surface area contributed by atoms with E-state index >= 15 is 0 Å². The third-order valence-corrected chi connectivity index (χ3v) is 4.92. The van der Waals surface area contributed by atoms with E-state index in [4.69, 9.17) is 11.6 Å². The van der Waals surface area contributed by atoms with Crippen LogP contribution in [0.5, 0.6) is 0 Å². The quantitative estimate of drug-likeness (QED) is 0.782. The maximum atomic E-state index is 6.01. The lowest BCUT2D eigenvalue weighted by molar-refractivity contribution is 0.245. The van der Waals surface area contributed by atoms with Gasteiger partial charge in [0.1, 0.15) is 0 Å². The van der Waals surface area contributed by atoms with E-state index in [1.807, 2.05) is 18.2 Å². The highest BCUT2D eigenvalue weighted by atomic mass is 79.9. The summed E-state index contributed by atoms with van der Waals surface area (Å²) in [6, 6.07) is 6.73. The third-order valence-electron chi connectivity index (χ3n) is 3.91. The average molecular weight is 346 g/mol. The van der Waals surface area contributed by atoms with Crippen LogP contribution in [-0.4, -0.2) is 31.1 Å². The summed E-state index contributed by atoms with van der Waals surface area (Å²) < 4.78 is 1.12. The summed E-state index contributed by atoms with van der Waals surface area (Å²) in [7, 11) is 2.24. The fraction of sp³-hybridized carbons (Fsp3) is 0.600. The van der Waals surface area contributed by atoms with Crippen molar-refractivity contribution in [3.05, 3.63) is 33.3 Å². The normalized spacial score (nSPS) is 16.4. The Hall–Kier alpha value is -0.0900. The number of nitrogens with zero attached hydrogens (tertiary/aromatic N) is 1. The van der Waals surface area contributed by atoms with Crippen LogP contribution < -0.4 is 5.32 Å². The van der Waals surface area contributed by atoms with Crippen LogP contribution >= 0.6 is 27.5 Å². The highest BCUT2D eigenvalue weighted by Gasteiger charge is 2.18. The molecule has 0 bridgehead atoms. The van der Waals surface area contributed by atoms with E-state index in [9.17, 15) is 0 Å². The Labute approximate surface area is 129 Å². The van der Waals surface area contributed by atoms with Gasteiger partial charge < -0.3 is 10.2 Å². The van der Waals surface area contributed by atoms with Gasteiger partial charge in [-0.25, -0.2) is 0 Å². The van der Waals surface area contributed by atoms with Crippen LogP contribution in [0.1, 0.15) is 31.2 Å². The monoisotopic (exact) mass is 344 g/mol. The van der Waals surface area contributed by atoms with Gasteiger partial charge in [0.2, 0.25) is 0 Å². The SMILES string of the molecule is CN(CCNCc1cc(Cl)ccc1Br)C1CCCC1. The molecular weight excluding hydrogens is 324 g/mol. The van der Waals surface area contributed by atoms with E-state index in [0.29, 0.717) is 0 Å². The molecule has 1 aliphatic rings. The second-order valence-corrected chi connectivity index (χ2v) is 6.62. The largest absolute Gasteiger partial charge is 0.311 e. The smallest absolute Gasteiger partial charge is 0.0410 e.